The summed E-state index contributed by atoms with van der Waals surface area (Å²) in [6.07, 6.45) is 0. The summed E-state index contributed by atoms with van der Waals surface area (Å²) in [6, 6.07) is 7.90. The van der Waals surface area contributed by atoms with Crippen LogP contribution in [0, 0.1) is 21.8 Å². The molecular weight excluding hydrogens is 237 g/mol. The Labute approximate surface area is 73.8 Å². The fraction of sp³-hybridized carbons (Fsp3) is 0.125. The van der Waals surface area contributed by atoms with Gasteiger partial charge in [0.2, 0.25) is 0 Å². The van der Waals surface area contributed by atoms with E-state index in [-0.39, 0.29) is 0 Å². The molecule has 0 amide bonds. The summed E-state index contributed by atoms with van der Waals surface area (Å²) in [7, 11) is 0. The standard InChI is InChI=1S/C8H6IN/c1-6-4-8(9)3-2-7(6)5-10/h2-4H,1H3. The van der Waals surface area contributed by atoms with Crippen molar-refractivity contribution in [3.05, 3.63) is 32.9 Å². The largest absolute Gasteiger partial charge is 0.192 e. The van der Waals surface area contributed by atoms with Crippen LogP contribution >= 0.6 is 22.6 Å². The van der Waals surface area contributed by atoms with Crippen LogP contribution in [0.25, 0.3) is 0 Å². The first-order valence-electron chi connectivity index (χ1n) is 2.90. The molecule has 0 fully saturated rings. The number of hydrogen-bond acceptors (Lipinski definition) is 1. The lowest BCUT2D eigenvalue weighted by atomic mass is 10.1. The van der Waals surface area contributed by atoms with Gasteiger partial charge in [-0.2, -0.15) is 5.26 Å². The van der Waals surface area contributed by atoms with Crippen LogP contribution in [0.1, 0.15) is 11.1 Å². The molecule has 0 radical (unpaired) electrons. The van der Waals surface area contributed by atoms with Gasteiger partial charge in [-0.25, -0.2) is 0 Å². The molecule has 1 nitrogen and oxygen atoms in total. The molecule has 1 rings (SSSR count). The summed E-state index contributed by atoms with van der Waals surface area (Å²) in [5, 5.41) is 8.56. The van der Waals surface area contributed by atoms with Gasteiger partial charge in [0, 0.05) is 3.57 Å². The highest BCUT2D eigenvalue weighted by Gasteiger charge is 1.94. The van der Waals surface area contributed by atoms with Crippen molar-refractivity contribution in [1.82, 2.24) is 0 Å². The van der Waals surface area contributed by atoms with E-state index in [2.05, 4.69) is 28.7 Å². The van der Waals surface area contributed by atoms with Crippen molar-refractivity contribution >= 4 is 22.6 Å². The second kappa shape index (κ2) is 3.02. The fourth-order valence-electron chi connectivity index (χ4n) is 0.753. The van der Waals surface area contributed by atoms with Gasteiger partial charge in [-0.3, -0.25) is 0 Å². The summed E-state index contributed by atoms with van der Waals surface area (Å²) in [5.41, 5.74) is 1.81. The summed E-state index contributed by atoms with van der Waals surface area (Å²) in [6.45, 7) is 1.95. The first-order valence-corrected chi connectivity index (χ1v) is 3.98. The number of halogens is 1. The first-order chi connectivity index (χ1) is 4.74. The van der Waals surface area contributed by atoms with Crippen LogP contribution in [0.4, 0.5) is 0 Å². The quantitative estimate of drug-likeness (QED) is 0.642. The maximum atomic E-state index is 8.56. The Morgan fingerprint density at radius 1 is 1.50 bits per heavy atom. The molecule has 0 saturated carbocycles. The molecule has 0 saturated heterocycles. The molecule has 0 bridgehead atoms. The van der Waals surface area contributed by atoms with Gasteiger partial charge >= 0.3 is 0 Å². The Morgan fingerprint density at radius 3 is 2.70 bits per heavy atom. The fourth-order valence-corrected chi connectivity index (χ4v) is 1.40. The van der Waals surface area contributed by atoms with E-state index in [0.717, 1.165) is 11.1 Å². The molecule has 1 aromatic carbocycles. The third-order valence-electron chi connectivity index (χ3n) is 1.31. The molecule has 1 aromatic rings. The number of nitrogens with zero attached hydrogens (tertiary/aromatic N) is 1. The molecule has 0 N–H and O–H groups in total. The Kier molecular flexibility index (Phi) is 2.28. The van der Waals surface area contributed by atoms with Gasteiger partial charge in [-0.05, 0) is 53.3 Å². The predicted octanol–water partition coefficient (Wildman–Crippen LogP) is 2.47. The highest BCUT2D eigenvalue weighted by atomic mass is 127. The third kappa shape index (κ3) is 1.48. The lowest BCUT2D eigenvalue weighted by Gasteiger charge is -1.95. The maximum Gasteiger partial charge on any atom is 0.0994 e. The molecular formula is C8H6IN. The highest BCUT2D eigenvalue weighted by Crippen LogP contribution is 2.11. The predicted molar refractivity (Wildman–Crippen MR) is 48.6 cm³/mol. The minimum absolute atomic E-state index is 0.764. The van der Waals surface area contributed by atoms with Crippen molar-refractivity contribution in [2.75, 3.05) is 0 Å². The molecule has 0 aliphatic heterocycles. The number of rotatable bonds is 0. The SMILES string of the molecule is Cc1cc(I)ccc1C#N. The molecule has 0 aliphatic carbocycles. The van der Waals surface area contributed by atoms with E-state index in [1.165, 1.54) is 3.57 Å². The van der Waals surface area contributed by atoms with Crippen LogP contribution < -0.4 is 0 Å². The average molecular weight is 243 g/mol. The highest BCUT2D eigenvalue weighted by molar-refractivity contribution is 14.1. The van der Waals surface area contributed by atoms with Crippen molar-refractivity contribution in [3.63, 3.8) is 0 Å². The Morgan fingerprint density at radius 2 is 2.20 bits per heavy atom. The van der Waals surface area contributed by atoms with E-state index >= 15 is 0 Å². The lowest BCUT2D eigenvalue weighted by molar-refractivity contribution is 1.38. The second-order valence-corrected chi connectivity index (χ2v) is 3.32. The smallest absolute Gasteiger partial charge is 0.0994 e. The van der Waals surface area contributed by atoms with E-state index in [1.54, 1.807) is 0 Å². The first kappa shape index (κ1) is 7.55. The number of hydrogen-bond donors (Lipinski definition) is 0. The summed E-state index contributed by atoms with van der Waals surface area (Å²) in [4.78, 5) is 0. The molecule has 0 aromatic heterocycles. The Bertz CT molecular complexity index is 286. The van der Waals surface area contributed by atoms with E-state index < -0.39 is 0 Å². The van der Waals surface area contributed by atoms with E-state index in [9.17, 15) is 0 Å². The van der Waals surface area contributed by atoms with Crippen molar-refractivity contribution < 1.29 is 0 Å². The van der Waals surface area contributed by atoms with Crippen molar-refractivity contribution in [1.29, 1.82) is 5.26 Å². The summed E-state index contributed by atoms with van der Waals surface area (Å²) in [5.74, 6) is 0. The minimum Gasteiger partial charge on any atom is -0.192 e. The van der Waals surface area contributed by atoms with Crippen molar-refractivity contribution in [2.24, 2.45) is 0 Å². The summed E-state index contributed by atoms with van der Waals surface area (Å²) < 4.78 is 1.18. The van der Waals surface area contributed by atoms with Gasteiger partial charge in [-0.15, -0.1) is 0 Å². The topological polar surface area (TPSA) is 23.8 Å². The minimum atomic E-state index is 0.764. The van der Waals surface area contributed by atoms with Gasteiger partial charge < -0.3 is 0 Å². The monoisotopic (exact) mass is 243 g/mol. The lowest BCUT2D eigenvalue weighted by Crippen LogP contribution is -1.81. The number of aryl methyl sites for hydroxylation is 1. The van der Waals surface area contributed by atoms with Crippen LogP contribution in [0.15, 0.2) is 18.2 Å². The van der Waals surface area contributed by atoms with Crippen LogP contribution in [0.3, 0.4) is 0 Å². The zero-order valence-corrected chi connectivity index (χ0v) is 7.71. The number of nitriles is 1. The Balaban J connectivity index is 3.23. The maximum absolute atomic E-state index is 8.56. The van der Waals surface area contributed by atoms with Crippen LogP contribution in [0.2, 0.25) is 0 Å². The van der Waals surface area contributed by atoms with Crippen LogP contribution in [-0.4, -0.2) is 0 Å². The van der Waals surface area contributed by atoms with Gasteiger partial charge in [0.15, 0.2) is 0 Å². The van der Waals surface area contributed by atoms with Crippen LogP contribution in [-0.2, 0) is 0 Å². The number of benzene rings is 1. The molecule has 2 heteroatoms. The van der Waals surface area contributed by atoms with Crippen LogP contribution in [0.5, 0.6) is 0 Å². The molecule has 0 spiro atoms. The van der Waals surface area contributed by atoms with E-state index in [1.807, 2.05) is 25.1 Å². The molecule has 10 heavy (non-hydrogen) atoms. The van der Waals surface area contributed by atoms with Crippen molar-refractivity contribution in [2.45, 2.75) is 6.92 Å². The average Bonchev–Trinajstić information content (AvgIpc) is 1.88. The van der Waals surface area contributed by atoms with Gasteiger partial charge in [0.05, 0.1) is 11.6 Å². The third-order valence-corrected chi connectivity index (χ3v) is 1.98. The Hall–Kier alpha value is -0.560. The molecule has 0 atom stereocenters. The molecule has 0 aliphatic rings. The second-order valence-electron chi connectivity index (χ2n) is 2.07. The molecule has 0 unspecified atom stereocenters. The van der Waals surface area contributed by atoms with Gasteiger partial charge in [0.25, 0.3) is 0 Å². The van der Waals surface area contributed by atoms with Gasteiger partial charge in [0.1, 0.15) is 0 Å². The molecule has 0 heterocycles. The zero-order chi connectivity index (χ0) is 7.56. The van der Waals surface area contributed by atoms with Crippen molar-refractivity contribution in [3.8, 4) is 6.07 Å². The van der Waals surface area contributed by atoms with Gasteiger partial charge in [-0.1, -0.05) is 0 Å². The molecule has 50 valence electrons. The summed E-state index contributed by atoms with van der Waals surface area (Å²) >= 11 is 2.23. The van der Waals surface area contributed by atoms with E-state index in [0.29, 0.717) is 0 Å². The van der Waals surface area contributed by atoms with E-state index in [4.69, 9.17) is 5.26 Å². The normalized spacial score (nSPS) is 8.90. The zero-order valence-electron chi connectivity index (χ0n) is 5.56.